The summed E-state index contributed by atoms with van der Waals surface area (Å²) in [7, 11) is 0. The second kappa shape index (κ2) is 2.26. The maximum Gasteiger partial charge on any atom is 0.323 e. The maximum atomic E-state index is 10.7. The zero-order valence-electron chi connectivity index (χ0n) is 5.34. The van der Waals surface area contributed by atoms with E-state index >= 15 is 0 Å². The number of carbonyl (C=O) groups is 2. The summed E-state index contributed by atoms with van der Waals surface area (Å²) in [5, 5.41) is 12.9. The number of aliphatic hydroxyl groups excluding tert-OH is 1. The lowest BCUT2D eigenvalue weighted by Gasteiger charge is -2.22. The third-order valence-corrected chi connectivity index (χ3v) is 1.28. The van der Waals surface area contributed by atoms with E-state index in [2.05, 4.69) is 5.32 Å². The van der Waals surface area contributed by atoms with E-state index in [1.807, 2.05) is 5.32 Å². The van der Waals surface area contributed by atoms with Crippen molar-refractivity contribution in [1.82, 2.24) is 10.6 Å². The van der Waals surface area contributed by atoms with Crippen molar-refractivity contribution in [3.8, 4) is 0 Å². The van der Waals surface area contributed by atoms with E-state index in [1.165, 1.54) is 6.92 Å². The number of amides is 3. The summed E-state index contributed by atoms with van der Waals surface area (Å²) in [6.07, 6.45) is -0.297. The molecular weight excluding hydrogens is 136 g/mol. The zero-order chi connectivity index (χ0) is 7.72. The molecule has 0 saturated carbocycles. The summed E-state index contributed by atoms with van der Waals surface area (Å²) in [5.41, 5.74) is 0. The van der Waals surface area contributed by atoms with Crippen molar-refractivity contribution >= 4 is 11.9 Å². The second-order valence-electron chi connectivity index (χ2n) is 2.05. The molecule has 1 aliphatic heterocycles. The maximum absolute atomic E-state index is 10.7. The van der Waals surface area contributed by atoms with Crippen molar-refractivity contribution in [3.63, 3.8) is 0 Å². The molecule has 1 heterocycles. The Kier molecular flexibility index (Phi) is 1.58. The first-order valence-corrected chi connectivity index (χ1v) is 2.79. The second-order valence-corrected chi connectivity index (χ2v) is 2.05. The van der Waals surface area contributed by atoms with E-state index in [0.717, 1.165) is 0 Å². The van der Waals surface area contributed by atoms with Gasteiger partial charge in [0.25, 0.3) is 0 Å². The first-order valence-electron chi connectivity index (χ1n) is 2.79. The summed E-state index contributed by atoms with van der Waals surface area (Å²) < 4.78 is 0. The minimum Gasteiger partial charge on any atom is -0.366 e. The standard InChI is InChI=1S/C5H7N2O3/c1-2-3(8)6-5(10)7-4(2)9/h2,8H,1H3,(H2,6,7,9,10). The van der Waals surface area contributed by atoms with Gasteiger partial charge in [-0.2, -0.15) is 0 Å². The van der Waals surface area contributed by atoms with Gasteiger partial charge in [0.1, 0.15) is 0 Å². The predicted octanol–water partition coefficient (Wildman–Crippen LogP) is -0.676. The summed E-state index contributed by atoms with van der Waals surface area (Å²) in [4.78, 5) is 21.1. The quantitative estimate of drug-likeness (QED) is 0.420. The molecule has 1 unspecified atom stereocenters. The van der Waals surface area contributed by atoms with Crippen LogP contribution in [0.15, 0.2) is 0 Å². The molecule has 3 amide bonds. The van der Waals surface area contributed by atoms with Gasteiger partial charge in [0.15, 0.2) is 6.23 Å². The van der Waals surface area contributed by atoms with Gasteiger partial charge in [0.2, 0.25) is 5.91 Å². The van der Waals surface area contributed by atoms with E-state index in [-0.39, 0.29) is 6.23 Å². The number of carbonyl (C=O) groups excluding carboxylic acids is 2. The van der Waals surface area contributed by atoms with Crippen LogP contribution in [-0.4, -0.2) is 17.0 Å². The Labute approximate surface area is 57.4 Å². The molecule has 1 radical (unpaired) electrons. The normalized spacial score (nSPS) is 27.6. The SMILES string of the molecule is CC1[C](O)NC(=O)NC1=O. The van der Waals surface area contributed by atoms with Crippen molar-refractivity contribution in [2.24, 2.45) is 5.92 Å². The number of aliphatic hydroxyl groups is 1. The van der Waals surface area contributed by atoms with Crippen LogP contribution in [0.3, 0.4) is 0 Å². The topological polar surface area (TPSA) is 78.4 Å². The van der Waals surface area contributed by atoms with Crippen molar-refractivity contribution < 1.29 is 14.7 Å². The minimum absolute atomic E-state index is 0.297. The Morgan fingerprint density at radius 1 is 1.40 bits per heavy atom. The molecule has 3 N–H and O–H groups in total. The number of urea groups is 1. The number of rotatable bonds is 0. The highest BCUT2D eigenvalue weighted by Gasteiger charge is 2.31. The molecule has 10 heavy (non-hydrogen) atoms. The van der Waals surface area contributed by atoms with E-state index in [1.54, 1.807) is 0 Å². The van der Waals surface area contributed by atoms with Gasteiger partial charge in [-0.05, 0) is 6.92 Å². The van der Waals surface area contributed by atoms with Gasteiger partial charge in [0, 0.05) is 0 Å². The molecule has 1 rings (SSSR count). The highest BCUT2D eigenvalue weighted by Crippen LogP contribution is 2.09. The van der Waals surface area contributed by atoms with Gasteiger partial charge in [-0.25, -0.2) is 4.79 Å². The molecule has 0 aromatic heterocycles. The van der Waals surface area contributed by atoms with Gasteiger partial charge in [-0.1, -0.05) is 0 Å². The van der Waals surface area contributed by atoms with Gasteiger partial charge in [0.05, 0.1) is 5.92 Å². The van der Waals surface area contributed by atoms with Gasteiger partial charge < -0.3 is 10.4 Å². The Balaban J connectivity index is 2.66. The third-order valence-electron chi connectivity index (χ3n) is 1.28. The number of hydrogen-bond acceptors (Lipinski definition) is 3. The zero-order valence-corrected chi connectivity index (χ0v) is 5.34. The van der Waals surface area contributed by atoms with Crippen LogP contribution < -0.4 is 10.6 Å². The van der Waals surface area contributed by atoms with Crippen LogP contribution in [0.5, 0.6) is 0 Å². The Morgan fingerprint density at radius 2 is 2.00 bits per heavy atom. The Bertz CT molecular complexity index is 180. The molecule has 5 nitrogen and oxygen atoms in total. The monoisotopic (exact) mass is 143 g/mol. The van der Waals surface area contributed by atoms with Crippen molar-refractivity contribution in [2.45, 2.75) is 6.92 Å². The Morgan fingerprint density at radius 3 is 2.50 bits per heavy atom. The molecule has 5 heteroatoms. The van der Waals surface area contributed by atoms with Crippen LogP contribution in [0.4, 0.5) is 4.79 Å². The number of imide groups is 1. The van der Waals surface area contributed by atoms with Gasteiger partial charge >= 0.3 is 6.03 Å². The number of hydrogen-bond donors (Lipinski definition) is 3. The molecule has 1 aliphatic rings. The molecule has 55 valence electrons. The summed E-state index contributed by atoms with van der Waals surface area (Å²) in [6, 6.07) is -0.680. The molecule has 1 atom stereocenters. The molecule has 0 aromatic rings. The van der Waals surface area contributed by atoms with Crippen molar-refractivity contribution in [2.75, 3.05) is 0 Å². The van der Waals surface area contributed by atoms with Crippen LogP contribution in [0.1, 0.15) is 6.92 Å². The fourth-order valence-corrected chi connectivity index (χ4v) is 0.600. The van der Waals surface area contributed by atoms with E-state index in [0.29, 0.717) is 0 Å². The molecule has 1 saturated heterocycles. The fourth-order valence-electron chi connectivity index (χ4n) is 0.600. The average molecular weight is 143 g/mol. The smallest absolute Gasteiger partial charge is 0.323 e. The fraction of sp³-hybridized carbons (Fsp3) is 0.400. The lowest BCUT2D eigenvalue weighted by molar-refractivity contribution is -0.125. The molecular formula is C5H7N2O3. The van der Waals surface area contributed by atoms with Gasteiger partial charge in [-0.15, -0.1) is 0 Å². The summed E-state index contributed by atoms with van der Waals surface area (Å²) >= 11 is 0. The highest BCUT2D eigenvalue weighted by atomic mass is 16.3. The highest BCUT2D eigenvalue weighted by molar-refractivity contribution is 5.99. The minimum atomic E-state index is -0.680. The van der Waals surface area contributed by atoms with E-state index in [4.69, 9.17) is 5.11 Å². The predicted molar refractivity (Wildman–Crippen MR) is 31.0 cm³/mol. The first kappa shape index (κ1) is 7.01. The largest absolute Gasteiger partial charge is 0.366 e. The van der Waals surface area contributed by atoms with Gasteiger partial charge in [-0.3, -0.25) is 10.1 Å². The van der Waals surface area contributed by atoms with Crippen LogP contribution in [0, 0.1) is 12.1 Å². The molecule has 0 spiro atoms. The molecule has 0 aliphatic carbocycles. The van der Waals surface area contributed by atoms with E-state index < -0.39 is 17.9 Å². The summed E-state index contributed by atoms with van der Waals surface area (Å²) in [6.45, 7) is 1.49. The van der Waals surface area contributed by atoms with Crippen molar-refractivity contribution in [1.29, 1.82) is 0 Å². The molecule has 1 fully saturated rings. The summed E-state index contributed by atoms with van der Waals surface area (Å²) in [5.74, 6) is -1.14. The average Bonchev–Trinajstić information content (AvgIpc) is 1.82. The van der Waals surface area contributed by atoms with Crippen LogP contribution >= 0.6 is 0 Å². The first-order chi connectivity index (χ1) is 4.61. The third kappa shape index (κ3) is 1.08. The van der Waals surface area contributed by atoms with E-state index in [9.17, 15) is 9.59 Å². The van der Waals surface area contributed by atoms with Crippen LogP contribution in [-0.2, 0) is 4.79 Å². The lowest BCUT2D eigenvalue weighted by atomic mass is 10.1. The van der Waals surface area contributed by atoms with Crippen LogP contribution in [0.25, 0.3) is 0 Å². The van der Waals surface area contributed by atoms with Crippen LogP contribution in [0.2, 0.25) is 0 Å². The number of nitrogens with one attached hydrogen (secondary N) is 2. The lowest BCUT2D eigenvalue weighted by Crippen LogP contribution is -2.53. The Hall–Kier alpha value is -1.10. The molecule has 0 aromatic carbocycles. The molecule has 0 bridgehead atoms. The van der Waals surface area contributed by atoms with Crippen molar-refractivity contribution in [3.05, 3.63) is 6.23 Å².